The van der Waals surface area contributed by atoms with Crippen LogP contribution < -0.4 is 0 Å². The molecule has 1 aromatic rings. The highest BCUT2D eigenvalue weighted by Gasteiger charge is 2.08. The van der Waals surface area contributed by atoms with Crippen LogP contribution in [0.4, 0.5) is 0 Å². The fourth-order valence-electron chi connectivity index (χ4n) is 1.70. The molecule has 2 heterocycles. The van der Waals surface area contributed by atoms with Crippen LogP contribution in [0, 0.1) is 0 Å². The Bertz CT molecular complexity index is 560. The molecule has 0 aromatic heterocycles. The molecule has 0 atom stereocenters. The second-order valence-electron chi connectivity index (χ2n) is 3.21. The van der Waals surface area contributed by atoms with Gasteiger partial charge >= 0.3 is 0 Å². The van der Waals surface area contributed by atoms with Crippen LogP contribution in [0.1, 0.15) is 0 Å². The largest absolute Gasteiger partial charge is 0.262 e. The van der Waals surface area contributed by atoms with Gasteiger partial charge in [-0.05, 0) is 12.1 Å². The number of hydrogen-bond acceptors (Lipinski definition) is 2. The average molecular weight is 180 g/mol. The van der Waals surface area contributed by atoms with Gasteiger partial charge in [0.25, 0.3) is 0 Å². The van der Waals surface area contributed by atoms with Gasteiger partial charge in [-0.15, -0.1) is 0 Å². The molecular weight excluding hydrogens is 172 g/mol. The Hall–Kier alpha value is -1.96. The lowest BCUT2D eigenvalue weighted by Crippen LogP contribution is -1.68. The lowest BCUT2D eigenvalue weighted by atomic mass is 10.1. The van der Waals surface area contributed by atoms with Crippen molar-refractivity contribution in [1.82, 2.24) is 9.97 Å². The van der Waals surface area contributed by atoms with E-state index in [1.807, 2.05) is 24.3 Å². The summed E-state index contributed by atoms with van der Waals surface area (Å²) in [5.74, 6) is 0. The Morgan fingerprint density at radius 1 is 0.929 bits per heavy atom. The summed E-state index contributed by atoms with van der Waals surface area (Å²) in [6, 6.07) is 12.1. The molecule has 1 aromatic carbocycles. The van der Waals surface area contributed by atoms with Crippen molar-refractivity contribution in [3.63, 3.8) is 0 Å². The number of hydrogen-bond donors (Lipinski definition) is 0. The third-order valence-electron chi connectivity index (χ3n) is 2.34. The normalized spacial score (nSPS) is 10.9. The Balaban J connectivity index is 2.52. The molecule has 0 aliphatic carbocycles. The molecule has 2 nitrogen and oxygen atoms in total. The van der Waals surface area contributed by atoms with E-state index < -0.39 is 0 Å². The van der Waals surface area contributed by atoms with E-state index in [0.29, 0.717) is 0 Å². The highest BCUT2D eigenvalue weighted by atomic mass is 14.8. The van der Waals surface area contributed by atoms with E-state index in [1.165, 1.54) is 5.39 Å². The van der Waals surface area contributed by atoms with E-state index in [4.69, 9.17) is 0 Å². The molecular formula is C12H8N2. The topological polar surface area (TPSA) is 25.8 Å². The summed E-state index contributed by atoms with van der Waals surface area (Å²) >= 11 is 0. The van der Waals surface area contributed by atoms with Crippen LogP contribution in [0.2, 0.25) is 0 Å². The van der Waals surface area contributed by atoms with Crippen LogP contribution in [0.25, 0.3) is 22.2 Å². The van der Waals surface area contributed by atoms with E-state index in [2.05, 4.69) is 22.1 Å². The Kier molecular flexibility index (Phi) is 1.47. The van der Waals surface area contributed by atoms with Crippen LogP contribution in [0.5, 0.6) is 0 Å². The Morgan fingerprint density at radius 3 is 2.86 bits per heavy atom. The summed E-state index contributed by atoms with van der Waals surface area (Å²) in [6.07, 6.45) is 3.58. The van der Waals surface area contributed by atoms with E-state index in [9.17, 15) is 0 Å². The summed E-state index contributed by atoms with van der Waals surface area (Å²) in [4.78, 5) is 8.60. The molecule has 2 heteroatoms. The van der Waals surface area contributed by atoms with Crippen molar-refractivity contribution in [2.45, 2.75) is 0 Å². The average Bonchev–Trinajstić information content (AvgIpc) is 2.42. The maximum Gasteiger partial charge on any atom is 0.0898 e. The molecule has 0 fully saturated rings. The quantitative estimate of drug-likeness (QED) is 0.531. The van der Waals surface area contributed by atoms with Gasteiger partial charge in [0.15, 0.2) is 0 Å². The van der Waals surface area contributed by atoms with E-state index in [1.54, 1.807) is 12.4 Å². The van der Waals surface area contributed by atoms with Crippen molar-refractivity contribution >= 4 is 10.9 Å². The van der Waals surface area contributed by atoms with Gasteiger partial charge in [-0.3, -0.25) is 4.98 Å². The van der Waals surface area contributed by atoms with Crippen molar-refractivity contribution in [3.05, 3.63) is 48.8 Å². The van der Waals surface area contributed by atoms with Crippen molar-refractivity contribution in [2.75, 3.05) is 0 Å². The van der Waals surface area contributed by atoms with Crippen LogP contribution in [-0.2, 0) is 0 Å². The number of para-hydroxylation sites is 1. The fourth-order valence-corrected chi connectivity index (χ4v) is 1.70. The van der Waals surface area contributed by atoms with Gasteiger partial charge in [0.2, 0.25) is 0 Å². The van der Waals surface area contributed by atoms with Gasteiger partial charge in [0.1, 0.15) is 0 Å². The minimum Gasteiger partial charge on any atom is -0.262 e. The van der Waals surface area contributed by atoms with E-state index >= 15 is 0 Å². The van der Waals surface area contributed by atoms with E-state index in [0.717, 1.165) is 16.8 Å². The van der Waals surface area contributed by atoms with Crippen molar-refractivity contribution < 1.29 is 0 Å². The molecule has 14 heavy (non-hydrogen) atoms. The van der Waals surface area contributed by atoms with Gasteiger partial charge in [-0.25, -0.2) is 4.98 Å². The molecule has 0 N–H and O–H groups in total. The summed E-state index contributed by atoms with van der Waals surface area (Å²) in [6.45, 7) is 0. The minimum absolute atomic E-state index is 0.955. The van der Waals surface area contributed by atoms with Crippen molar-refractivity contribution in [3.8, 4) is 11.3 Å². The second kappa shape index (κ2) is 2.77. The molecule has 0 radical (unpaired) electrons. The van der Waals surface area contributed by atoms with Crippen LogP contribution in [-0.4, -0.2) is 9.97 Å². The minimum atomic E-state index is 0.955. The lowest BCUT2D eigenvalue weighted by Gasteiger charge is -1.88. The molecule has 0 unspecified atom stereocenters. The zero-order valence-electron chi connectivity index (χ0n) is 7.51. The third kappa shape index (κ3) is 0.973. The van der Waals surface area contributed by atoms with Gasteiger partial charge in [-0.1, -0.05) is 24.3 Å². The lowest BCUT2D eigenvalue weighted by molar-refractivity contribution is 1.33. The smallest absolute Gasteiger partial charge is 0.0898 e. The Labute approximate surface area is 81.6 Å². The highest BCUT2D eigenvalue weighted by Crippen LogP contribution is 2.28. The molecule has 2 aliphatic heterocycles. The number of benzene rings is 1. The summed E-state index contributed by atoms with van der Waals surface area (Å²) < 4.78 is 0. The molecule has 0 spiro atoms. The number of fused-ring (bicyclic) bond motifs is 3. The molecule has 0 saturated carbocycles. The van der Waals surface area contributed by atoms with Crippen LogP contribution in [0.3, 0.4) is 0 Å². The predicted octanol–water partition coefficient (Wildman–Crippen LogP) is 2.73. The summed E-state index contributed by atoms with van der Waals surface area (Å²) in [5.41, 5.74) is 3.16. The zero-order chi connectivity index (χ0) is 9.38. The van der Waals surface area contributed by atoms with Gasteiger partial charge in [0.05, 0.1) is 17.4 Å². The maximum atomic E-state index is 4.49. The monoisotopic (exact) mass is 180 g/mol. The maximum absolute atomic E-state index is 4.49. The summed E-state index contributed by atoms with van der Waals surface area (Å²) in [7, 11) is 0. The second-order valence-corrected chi connectivity index (χ2v) is 3.21. The first kappa shape index (κ1) is 7.44. The number of nitrogens with zero attached hydrogens (tertiary/aromatic N) is 2. The van der Waals surface area contributed by atoms with Crippen LogP contribution >= 0.6 is 0 Å². The summed E-state index contributed by atoms with van der Waals surface area (Å²) in [5, 5.41) is 1.19. The molecule has 66 valence electrons. The van der Waals surface area contributed by atoms with Crippen molar-refractivity contribution in [1.29, 1.82) is 0 Å². The molecule has 0 saturated heterocycles. The highest BCUT2D eigenvalue weighted by molar-refractivity contribution is 5.96. The molecule has 0 amide bonds. The van der Waals surface area contributed by atoms with Gasteiger partial charge in [0, 0.05) is 17.1 Å². The van der Waals surface area contributed by atoms with E-state index in [-0.39, 0.29) is 0 Å². The molecule has 3 rings (SSSR count). The SMILES string of the molecule is c1cncc2nc3ccccc3c-2c1. The first-order valence-corrected chi connectivity index (χ1v) is 4.53. The van der Waals surface area contributed by atoms with Crippen LogP contribution in [0.15, 0.2) is 48.8 Å². The van der Waals surface area contributed by atoms with Gasteiger partial charge < -0.3 is 0 Å². The standard InChI is InChI=1S/C12H8N2/c1-2-6-11-9(4-1)10-5-3-7-13-8-12(10)14-11/h1-8H. The first-order chi connectivity index (χ1) is 6.95. The first-order valence-electron chi connectivity index (χ1n) is 4.53. The number of aromatic nitrogens is 2. The number of rotatable bonds is 0. The third-order valence-corrected chi connectivity index (χ3v) is 2.34. The fraction of sp³-hybridized carbons (Fsp3) is 0. The van der Waals surface area contributed by atoms with Crippen molar-refractivity contribution in [2.24, 2.45) is 0 Å². The molecule has 2 aliphatic rings. The molecule has 0 bridgehead atoms. The zero-order valence-corrected chi connectivity index (χ0v) is 7.51. The Morgan fingerprint density at radius 2 is 1.86 bits per heavy atom. The van der Waals surface area contributed by atoms with Gasteiger partial charge in [-0.2, -0.15) is 0 Å². The predicted molar refractivity (Wildman–Crippen MR) is 56.2 cm³/mol.